The van der Waals surface area contributed by atoms with E-state index in [0.717, 1.165) is 37.3 Å². The molecule has 5 heteroatoms. The molecule has 3 heterocycles. The number of carbonyl (C=O) groups is 1. The minimum absolute atomic E-state index is 0.0377. The summed E-state index contributed by atoms with van der Waals surface area (Å²) in [6.07, 6.45) is 5.62. The largest absolute Gasteiger partial charge is 0.373 e. The summed E-state index contributed by atoms with van der Waals surface area (Å²) in [5.74, 6) is 1.26. The van der Waals surface area contributed by atoms with Crippen LogP contribution in [0.3, 0.4) is 0 Å². The molecule has 0 aromatic carbocycles. The first-order chi connectivity index (χ1) is 11.2. The Morgan fingerprint density at radius 1 is 1.30 bits per heavy atom. The molecule has 1 fully saturated rings. The maximum atomic E-state index is 12.8. The molecule has 0 saturated carbocycles. The Morgan fingerprint density at radius 2 is 2.17 bits per heavy atom. The molecule has 120 valence electrons. The van der Waals surface area contributed by atoms with Gasteiger partial charge in [0.25, 0.3) is 5.91 Å². The van der Waals surface area contributed by atoms with Crippen molar-refractivity contribution in [2.75, 3.05) is 25.5 Å². The van der Waals surface area contributed by atoms with Gasteiger partial charge in [-0.3, -0.25) is 9.78 Å². The van der Waals surface area contributed by atoms with E-state index in [2.05, 4.69) is 21.4 Å². The second-order valence-electron chi connectivity index (χ2n) is 5.98. The average Bonchev–Trinajstić information content (AvgIpc) is 2.62. The summed E-state index contributed by atoms with van der Waals surface area (Å²) in [6.45, 7) is 3.47. The molecular formula is C18H22N4O. The monoisotopic (exact) mass is 310 g/mol. The first kappa shape index (κ1) is 15.5. The molecule has 1 aliphatic heterocycles. The van der Waals surface area contributed by atoms with Crippen molar-refractivity contribution in [3.8, 4) is 0 Å². The van der Waals surface area contributed by atoms with Gasteiger partial charge in [-0.1, -0.05) is 6.07 Å². The van der Waals surface area contributed by atoms with Crippen LogP contribution >= 0.6 is 0 Å². The minimum atomic E-state index is 0.0377. The van der Waals surface area contributed by atoms with Crippen LogP contribution in [-0.4, -0.2) is 40.9 Å². The lowest BCUT2D eigenvalue weighted by Crippen LogP contribution is -2.39. The highest BCUT2D eigenvalue weighted by Gasteiger charge is 2.27. The second-order valence-corrected chi connectivity index (χ2v) is 5.98. The maximum Gasteiger partial charge on any atom is 0.272 e. The summed E-state index contributed by atoms with van der Waals surface area (Å²) in [5.41, 5.74) is 2.74. The Kier molecular flexibility index (Phi) is 4.55. The Hall–Kier alpha value is -2.43. The molecular weight excluding hydrogens is 288 g/mol. The first-order valence-electron chi connectivity index (χ1n) is 8.03. The number of amides is 1. The van der Waals surface area contributed by atoms with Crippen molar-refractivity contribution in [3.05, 3.63) is 53.5 Å². The number of hydrogen-bond acceptors (Lipinski definition) is 4. The topological polar surface area (TPSA) is 58.1 Å². The number of piperidine rings is 1. The van der Waals surface area contributed by atoms with Crippen molar-refractivity contribution in [2.45, 2.75) is 25.7 Å². The fourth-order valence-corrected chi connectivity index (χ4v) is 3.13. The van der Waals surface area contributed by atoms with Gasteiger partial charge < -0.3 is 10.2 Å². The smallest absolute Gasteiger partial charge is 0.272 e. The quantitative estimate of drug-likeness (QED) is 0.947. The van der Waals surface area contributed by atoms with Crippen LogP contribution in [0.5, 0.6) is 0 Å². The van der Waals surface area contributed by atoms with Gasteiger partial charge in [0.05, 0.1) is 0 Å². The number of carbonyl (C=O) groups excluding carboxylic acids is 1. The highest BCUT2D eigenvalue weighted by Crippen LogP contribution is 2.28. The summed E-state index contributed by atoms with van der Waals surface area (Å²) >= 11 is 0. The van der Waals surface area contributed by atoms with Crippen LogP contribution < -0.4 is 5.32 Å². The fourth-order valence-electron chi connectivity index (χ4n) is 3.13. The molecule has 0 aliphatic carbocycles. The third kappa shape index (κ3) is 3.33. The number of nitrogens with zero attached hydrogens (tertiary/aromatic N) is 3. The molecule has 0 unspecified atom stereocenters. The third-order valence-corrected chi connectivity index (χ3v) is 4.43. The average molecular weight is 310 g/mol. The van der Waals surface area contributed by atoms with Crippen molar-refractivity contribution in [3.63, 3.8) is 0 Å². The van der Waals surface area contributed by atoms with Crippen LogP contribution in [0.1, 0.15) is 40.4 Å². The number of anilines is 1. The van der Waals surface area contributed by atoms with Crippen LogP contribution in [0.25, 0.3) is 0 Å². The summed E-state index contributed by atoms with van der Waals surface area (Å²) in [6, 6.07) is 7.92. The molecule has 0 radical (unpaired) electrons. The van der Waals surface area contributed by atoms with E-state index in [9.17, 15) is 4.79 Å². The number of likely N-dealkylation sites (tertiary alicyclic amines) is 1. The Morgan fingerprint density at radius 3 is 2.96 bits per heavy atom. The zero-order chi connectivity index (χ0) is 16.2. The molecule has 2 aromatic heterocycles. The molecule has 23 heavy (non-hydrogen) atoms. The molecule has 0 spiro atoms. The maximum absolute atomic E-state index is 12.8. The molecule has 1 saturated heterocycles. The molecule has 1 atom stereocenters. The van der Waals surface area contributed by atoms with Gasteiger partial charge in [0.2, 0.25) is 0 Å². The molecule has 3 rings (SSSR count). The Bertz CT molecular complexity index is 701. The lowest BCUT2D eigenvalue weighted by Gasteiger charge is -2.33. The van der Waals surface area contributed by atoms with E-state index < -0.39 is 0 Å². The van der Waals surface area contributed by atoms with Gasteiger partial charge in [0, 0.05) is 38.4 Å². The summed E-state index contributed by atoms with van der Waals surface area (Å²) in [5, 5.41) is 3.07. The number of hydrogen-bond donors (Lipinski definition) is 1. The standard InChI is InChI=1S/C18H22N4O/c1-13-5-3-8-21-17(13)18(23)22-10-4-6-15(12-22)14-7-9-20-16(11-14)19-2/h3,5,7-9,11,15H,4,6,10,12H2,1-2H3,(H,19,20)/t15-/m1/s1. The first-order valence-corrected chi connectivity index (χ1v) is 8.03. The van der Waals surface area contributed by atoms with Crippen LogP contribution in [0, 0.1) is 6.92 Å². The Balaban J connectivity index is 1.78. The van der Waals surface area contributed by atoms with E-state index >= 15 is 0 Å². The third-order valence-electron chi connectivity index (χ3n) is 4.43. The fraction of sp³-hybridized carbons (Fsp3) is 0.389. The highest BCUT2D eigenvalue weighted by atomic mass is 16.2. The van der Waals surface area contributed by atoms with E-state index in [0.29, 0.717) is 11.6 Å². The normalized spacial score (nSPS) is 17.8. The van der Waals surface area contributed by atoms with E-state index in [1.54, 1.807) is 6.20 Å². The van der Waals surface area contributed by atoms with E-state index in [4.69, 9.17) is 0 Å². The van der Waals surface area contributed by atoms with Crippen molar-refractivity contribution in [2.24, 2.45) is 0 Å². The molecule has 2 aromatic rings. The van der Waals surface area contributed by atoms with Crippen molar-refractivity contribution in [1.82, 2.24) is 14.9 Å². The number of nitrogens with one attached hydrogen (secondary N) is 1. The van der Waals surface area contributed by atoms with Crippen LogP contribution in [0.4, 0.5) is 5.82 Å². The molecule has 5 nitrogen and oxygen atoms in total. The van der Waals surface area contributed by atoms with Crippen molar-refractivity contribution in [1.29, 1.82) is 0 Å². The van der Waals surface area contributed by atoms with Crippen LogP contribution in [-0.2, 0) is 0 Å². The number of pyridine rings is 2. The SMILES string of the molecule is CNc1cc([C@@H]2CCCN(C(=O)c3ncccc3C)C2)ccn1. The van der Waals surface area contributed by atoms with Crippen molar-refractivity contribution < 1.29 is 4.79 Å². The zero-order valence-corrected chi connectivity index (χ0v) is 13.6. The Labute approximate surface area is 136 Å². The van der Waals surface area contributed by atoms with Gasteiger partial charge >= 0.3 is 0 Å². The number of rotatable bonds is 3. The van der Waals surface area contributed by atoms with Crippen molar-refractivity contribution >= 4 is 11.7 Å². The second kappa shape index (κ2) is 6.77. The lowest BCUT2D eigenvalue weighted by atomic mass is 9.91. The zero-order valence-electron chi connectivity index (χ0n) is 13.6. The predicted octanol–water partition coefficient (Wildman–Crippen LogP) is 2.85. The van der Waals surface area contributed by atoms with Gasteiger partial charge in [-0.15, -0.1) is 0 Å². The minimum Gasteiger partial charge on any atom is -0.373 e. The molecule has 1 N–H and O–H groups in total. The van der Waals surface area contributed by atoms with Gasteiger partial charge in [-0.25, -0.2) is 4.98 Å². The predicted molar refractivity (Wildman–Crippen MR) is 90.6 cm³/mol. The van der Waals surface area contributed by atoms with E-state index in [1.165, 1.54) is 5.56 Å². The van der Waals surface area contributed by atoms with Crippen LogP contribution in [0.2, 0.25) is 0 Å². The lowest BCUT2D eigenvalue weighted by molar-refractivity contribution is 0.0700. The molecule has 1 aliphatic rings. The summed E-state index contributed by atoms with van der Waals surface area (Å²) in [4.78, 5) is 23.2. The van der Waals surface area contributed by atoms with Gasteiger partial charge in [-0.2, -0.15) is 0 Å². The highest BCUT2D eigenvalue weighted by molar-refractivity contribution is 5.93. The summed E-state index contributed by atoms with van der Waals surface area (Å²) < 4.78 is 0. The molecule has 0 bridgehead atoms. The number of aromatic nitrogens is 2. The van der Waals surface area contributed by atoms with E-state index in [-0.39, 0.29) is 5.91 Å². The number of aryl methyl sites for hydroxylation is 1. The van der Waals surface area contributed by atoms with Gasteiger partial charge in [-0.05, 0) is 49.1 Å². The van der Waals surface area contributed by atoms with E-state index in [1.807, 2.05) is 43.3 Å². The van der Waals surface area contributed by atoms with Gasteiger partial charge in [0.1, 0.15) is 11.5 Å². The summed E-state index contributed by atoms with van der Waals surface area (Å²) in [7, 11) is 1.87. The molecule has 1 amide bonds. The van der Waals surface area contributed by atoms with Gasteiger partial charge in [0.15, 0.2) is 0 Å². The van der Waals surface area contributed by atoms with Crippen LogP contribution in [0.15, 0.2) is 36.7 Å².